The average molecular weight is 591 g/mol. The van der Waals surface area contributed by atoms with E-state index in [1.54, 1.807) is 32.0 Å². The number of aryl methyl sites for hydroxylation is 2. The summed E-state index contributed by atoms with van der Waals surface area (Å²) in [6.45, 7) is 9.67. The molecule has 0 aliphatic rings. The molecule has 9 heteroatoms. The first-order valence-electron chi connectivity index (χ1n) is 10.5. The predicted molar refractivity (Wildman–Crippen MR) is 148 cm³/mol. The minimum absolute atomic E-state index is 0.0445. The molecule has 0 fully saturated rings. The summed E-state index contributed by atoms with van der Waals surface area (Å²) in [7, 11) is -4.52. The van der Waals surface area contributed by atoms with E-state index < -0.39 is 23.8 Å². The van der Waals surface area contributed by atoms with E-state index in [1.807, 2.05) is 12.1 Å². The summed E-state index contributed by atoms with van der Waals surface area (Å²) in [5, 5.41) is -1.19. The first kappa shape index (κ1) is 28.3. The van der Waals surface area contributed by atoms with Gasteiger partial charge in [0.15, 0.2) is 0 Å². The molecule has 0 amide bonds. The van der Waals surface area contributed by atoms with E-state index in [2.05, 4.69) is 20.8 Å². The fourth-order valence-corrected chi connectivity index (χ4v) is 7.70. The number of carbonyl (C=O) groups is 2. The Bertz CT molecular complexity index is 1360. The van der Waals surface area contributed by atoms with Crippen molar-refractivity contribution in [1.29, 1.82) is 0 Å². The molecule has 0 spiro atoms. The summed E-state index contributed by atoms with van der Waals surface area (Å²) in [6, 6.07) is 11.5. The van der Waals surface area contributed by atoms with E-state index in [0.717, 1.165) is 5.56 Å². The maximum Gasteiger partial charge on any atom is 0.248 e. The van der Waals surface area contributed by atoms with E-state index >= 15 is 0 Å². The van der Waals surface area contributed by atoms with Crippen molar-refractivity contribution in [3.05, 3.63) is 95.4 Å². The Balaban J connectivity index is 2.35. The first-order valence-corrected chi connectivity index (χ1v) is 14.1. The Morgan fingerprint density at radius 1 is 0.686 bits per heavy atom. The molecule has 3 aromatic carbocycles. The molecule has 0 aliphatic heterocycles. The lowest BCUT2D eigenvalue weighted by atomic mass is 9.84. The highest BCUT2D eigenvalue weighted by Crippen LogP contribution is 2.56. The molecule has 35 heavy (non-hydrogen) atoms. The van der Waals surface area contributed by atoms with Crippen LogP contribution in [-0.4, -0.2) is 11.0 Å². The third-order valence-corrected chi connectivity index (χ3v) is 10.6. The minimum atomic E-state index is -4.52. The Hall–Kier alpha value is -1.32. The molecule has 0 bridgehead atoms. The standard InChI is InChI=1S/C26H22Cl5O3P/c1-13-11-15(26(3,4)5)12-14(2)17(13)24(32)35(34,16-9-7-6-8-10-16)25(33)18-19(27)21(29)23(31)22(30)20(18)28/h6-12H,1-5H3. The van der Waals surface area contributed by atoms with Crippen molar-refractivity contribution >= 4 is 81.5 Å². The highest BCUT2D eigenvalue weighted by molar-refractivity contribution is 8.01. The topological polar surface area (TPSA) is 51.2 Å². The molecule has 3 aromatic rings. The monoisotopic (exact) mass is 588 g/mol. The van der Waals surface area contributed by atoms with Gasteiger partial charge in [0.1, 0.15) is 0 Å². The quantitative estimate of drug-likeness (QED) is 0.169. The Morgan fingerprint density at radius 3 is 1.51 bits per heavy atom. The number of hydrogen-bond acceptors (Lipinski definition) is 3. The third kappa shape index (κ3) is 4.97. The molecule has 0 aromatic heterocycles. The second kappa shape index (κ2) is 10.2. The lowest BCUT2D eigenvalue weighted by molar-refractivity contribution is 0.104. The van der Waals surface area contributed by atoms with Gasteiger partial charge >= 0.3 is 0 Å². The SMILES string of the molecule is Cc1cc(C(C)(C)C)cc(C)c1C(=O)P(=O)(C(=O)c1c(Cl)c(Cl)c(Cl)c(Cl)c1Cl)c1ccccc1. The van der Waals surface area contributed by atoms with Gasteiger partial charge in [-0.25, -0.2) is 0 Å². The van der Waals surface area contributed by atoms with Crippen LogP contribution in [0.1, 0.15) is 58.2 Å². The van der Waals surface area contributed by atoms with Crippen LogP contribution < -0.4 is 5.30 Å². The summed E-state index contributed by atoms with van der Waals surface area (Å²) in [6.07, 6.45) is 0. The van der Waals surface area contributed by atoms with Crippen LogP contribution in [0.3, 0.4) is 0 Å². The fourth-order valence-electron chi connectivity index (χ4n) is 3.81. The van der Waals surface area contributed by atoms with Crippen molar-refractivity contribution in [1.82, 2.24) is 0 Å². The Morgan fingerprint density at radius 2 is 1.09 bits per heavy atom. The molecule has 0 N–H and O–H groups in total. The fraction of sp³-hybridized carbons (Fsp3) is 0.231. The Kier molecular flexibility index (Phi) is 8.24. The van der Waals surface area contributed by atoms with Crippen LogP contribution >= 0.6 is 65.1 Å². The van der Waals surface area contributed by atoms with Crippen LogP contribution in [-0.2, 0) is 9.98 Å². The predicted octanol–water partition coefficient (Wildman–Crippen LogP) is 9.54. The van der Waals surface area contributed by atoms with Crippen molar-refractivity contribution in [2.75, 3.05) is 0 Å². The molecular weight excluding hydrogens is 569 g/mol. The van der Waals surface area contributed by atoms with Gasteiger partial charge in [0.2, 0.25) is 18.2 Å². The molecule has 0 heterocycles. The zero-order valence-electron chi connectivity index (χ0n) is 19.6. The number of hydrogen-bond donors (Lipinski definition) is 0. The number of benzene rings is 3. The highest BCUT2D eigenvalue weighted by atomic mass is 35.5. The van der Waals surface area contributed by atoms with E-state index in [9.17, 15) is 14.2 Å². The normalized spacial score (nSPS) is 13.4. The molecule has 0 saturated carbocycles. The second-order valence-electron chi connectivity index (χ2n) is 9.24. The molecule has 184 valence electrons. The summed E-state index contributed by atoms with van der Waals surface area (Å²) in [4.78, 5) is 28.1. The van der Waals surface area contributed by atoms with Gasteiger partial charge in [-0.3, -0.25) is 9.59 Å². The van der Waals surface area contributed by atoms with Gasteiger partial charge in [0.25, 0.3) is 0 Å². The second-order valence-corrected chi connectivity index (χ2v) is 13.7. The largest absolute Gasteiger partial charge is 0.302 e. The van der Waals surface area contributed by atoms with Crippen molar-refractivity contribution in [2.24, 2.45) is 0 Å². The molecule has 3 nitrogen and oxygen atoms in total. The lowest BCUT2D eigenvalue weighted by Gasteiger charge is -2.24. The van der Waals surface area contributed by atoms with Gasteiger partial charge in [-0.2, -0.15) is 0 Å². The van der Waals surface area contributed by atoms with Gasteiger partial charge in [-0.1, -0.05) is 121 Å². The number of halogens is 5. The van der Waals surface area contributed by atoms with Crippen molar-refractivity contribution in [3.8, 4) is 0 Å². The summed E-state index contributed by atoms with van der Waals surface area (Å²) >= 11 is 31.1. The summed E-state index contributed by atoms with van der Waals surface area (Å²) in [5.41, 5.74) is -0.0459. The molecule has 0 aliphatic carbocycles. The zero-order valence-corrected chi connectivity index (χ0v) is 24.3. The van der Waals surface area contributed by atoms with Gasteiger partial charge in [-0.05, 0) is 36.0 Å². The molecular formula is C26H22Cl5O3P. The van der Waals surface area contributed by atoms with E-state index in [-0.39, 0.29) is 41.4 Å². The van der Waals surface area contributed by atoms with Crippen LogP contribution in [0.25, 0.3) is 0 Å². The van der Waals surface area contributed by atoms with Crippen LogP contribution in [0.2, 0.25) is 25.1 Å². The lowest BCUT2D eigenvalue weighted by Crippen LogP contribution is -2.23. The molecule has 1 atom stereocenters. The van der Waals surface area contributed by atoms with Crippen LogP contribution in [0.15, 0.2) is 42.5 Å². The first-order chi connectivity index (χ1) is 16.1. The number of rotatable bonds is 5. The van der Waals surface area contributed by atoms with Crippen molar-refractivity contribution in [3.63, 3.8) is 0 Å². The van der Waals surface area contributed by atoms with Gasteiger partial charge < -0.3 is 4.57 Å². The Labute approximate surface area is 230 Å². The van der Waals surface area contributed by atoms with E-state index in [4.69, 9.17) is 58.0 Å². The van der Waals surface area contributed by atoms with Gasteiger partial charge in [0, 0.05) is 10.9 Å². The van der Waals surface area contributed by atoms with Crippen molar-refractivity contribution in [2.45, 2.75) is 40.0 Å². The molecule has 1 unspecified atom stereocenters. The van der Waals surface area contributed by atoms with Crippen LogP contribution in [0, 0.1) is 13.8 Å². The molecule has 3 rings (SSSR count). The van der Waals surface area contributed by atoms with Crippen LogP contribution in [0.5, 0.6) is 0 Å². The maximum atomic E-state index is 14.7. The van der Waals surface area contributed by atoms with Crippen molar-refractivity contribution < 1.29 is 14.2 Å². The van der Waals surface area contributed by atoms with E-state index in [1.165, 1.54) is 12.1 Å². The average Bonchev–Trinajstić information content (AvgIpc) is 2.80. The number of carbonyl (C=O) groups excluding carboxylic acids is 2. The summed E-state index contributed by atoms with van der Waals surface area (Å²) in [5.74, 6) is 0. The van der Waals surface area contributed by atoms with Gasteiger partial charge in [-0.15, -0.1) is 0 Å². The minimum Gasteiger partial charge on any atom is -0.302 e. The van der Waals surface area contributed by atoms with Gasteiger partial charge in [0.05, 0.1) is 30.7 Å². The summed E-state index contributed by atoms with van der Waals surface area (Å²) < 4.78 is 14.7. The highest BCUT2D eigenvalue weighted by Gasteiger charge is 2.46. The zero-order chi connectivity index (χ0) is 26.5. The smallest absolute Gasteiger partial charge is 0.248 e. The third-order valence-electron chi connectivity index (χ3n) is 5.73. The van der Waals surface area contributed by atoms with E-state index in [0.29, 0.717) is 11.1 Å². The molecule has 0 radical (unpaired) electrons. The van der Waals surface area contributed by atoms with Crippen LogP contribution in [0.4, 0.5) is 0 Å². The molecule has 0 saturated heterocycles. The maximum absolute atomic E-state index is 14.7.